The molecule has 0 aromatic rings. The summed E-state index contributed by atoms with van der Waals surface area (Å²) in [7, 11) is 0. The van der Waals surface area contributed by atoms with Crippen LogP contribution in [0, 0.1) is 17.8 Å². The molecule has 2 aliphatic carbocycles. The van der Waals surface area contributed by atoms with Gasteiger partial charge in [-0.05, 0) is 70.1 Å². The maximum absolute atomic E-state index is 3.99. The Kier molecular flexibility index (Phi) is 10.1. The fraction of sp³-hybridized carbons (Fsp3) is 0.667. The Labute approximate surface area is 151 Å². The highest BCUT2D eigenvalue weighted by molar-refractivity contribution is 5.27. The van der Waals surface area contributed by atoms with Gasteiger partial charge in [0.1, 0.15) is 0 Å². The van der Waals surface area contributed by atoms with Crippen molar-refractivity contribution in [3.8, 4) is 0 Å². The second kappa shape index (κ2) is 11.5. The third kappa shape index (κ3) is 6.83. The molecule has 0 saturated carbocycles. The van der Waals surface area contributed by atoms with Crippen LogP contribution in [0.5, 0.6) is 0 Å². The van der Waals surface area contributed by atoms with Crippen molar-refractivity contribution in [2.45, 2.75) is 86.0 Å². The van der Waals surface area contributed by atoms with Crippen LogP contribution in [-0.2, 0) is 0 Å². The summed E-state index contributed by atoms with van der Waals surface area (Å²) in [5.41, 5.74) is 4.81. The molecule has 0 fully saturated rings. The standard InChI is InChI=1S/C22H34.C2H6/c1-5-20-14-17(2)15-22(16-20)19(4)11-7-9-13-21-12-8-6-10-18(21)3;1-2/h5-6,10,14,19-20,22H,1,7-9,11-13,15-16H2,2-4H3;1-2H3. The molecule has 0 heterocycles. The molecule has 24 heavy (non-hydrogen) atoms. The summed E-state index contributed by atoms with van der Waals surface area (Å²) >= 11 is 0. The zero-order valence-electron chi connectivity index (χ0n) is 16.9. The highest BCUT2D eigenvalue weighted by atomic mass is 14.3. The average molecular weight is 329 g/mol. The van der Waals surface area contributed by atoms with Gasteiger partial charge in [-0.15, -0.1) is 6.58 Å². The molecule has 0 heteroatoms. The Morgan fingerprint density at radius 2 is 2.00 bits per heavy atom. The van der Waals surface area contributed by atoms with Gasteiger partial charge < -0.3 is 0 Å². The van der Waals surface area contributed by atoms with Gasteiger partial charge >= 0.3 is 0 Å². The van der Waals surface area contributed by atoms with E-state index in [0.717, 1.165) is 11.8 Å². The lowest BCUT2D eigenvalue weighted by molar-refractivity contribution is 0.282. The van der Waals surface area contributed by atoms with E-state index < -0.39 is 0 Å². The lowest BCUT2D eigenvalue weighted by atomic mass is 9.75. The van der Waals surface area contributed by atoms with Gasteiger partial charge in [-0.25, -0.2) is 0 Å². The normalized spacial score (nSPS) is 24.8. The van der Waals surface area contributed by atoms with Crippen LogP contribution in [0.15, 0.2) is 47.6 Å². The lowest BCUT2D eigenvalue weighted by Crippen LogP contribution is -2.19. The molecule has 0 aromatic heterocycles. The van der Waals surface area contributed by atoms with Crippen LogP contribution in [0.4, 0.5) is 0 Å². The van der Waals surface area contributed by atoms with Crippen molar-refractivity contribution in [1.29, 1.82) is 0 Å². The zero-order chi connectivity index (χ0) is 17.9. The van der Waals surface area contributed by atoms with E-state index in [1.807, 2.05) is 13.8 Å². The predicted molar refractivity (Wildman–Crippen MR) is 110 cm³/mol. The second-order valence-corrected chi connectivity index (χ2v) is 7.56. The minimum atomic E-state index is 0.614. The molecule has 0 aliphatic heterocycles. The smallest absolute Gasteiger partial charge is 0.00508 e. The van der Waals surface area contributed by atoms with Gasteiger partial charge in [-0.2, -0.15) is 0 Å². The first-order valence-electron chi connectivity index (χ1n) is 10.2. The van der Waals surface area contributed by atoms with Crippen LogP contribution < -0.4 is 0 Å². The van der Waals surface area contributed by atoms with Crippen LogP contribution in [0.25, 0.3) is 0 Å². The molecule has 0 amide bonds. The highest BCUT2D eigenvalue weighted by Gasteiger charge is 2.23. The molecular weight excluding hydrogens is 288 g/mol. The summed E-state index contributed by atoms with van der Waals surface area (Å²) in [6.07, 6.45) is 19.8. The van der Waals surface area contributed by atoms with Crippen molar-refractivity contribution in [2.24, 2.45) is 17.8 Å². The minimum absolute atomic E-state index is 0.614. The molecule has 0 saturated heterocycles. The van der Waals surface area contributed by atoms with E-state index in [1.54, 1.807) is 11.1 Å². The molecule has 0 bridgehead atoms. The van der Waals surface area contributed by atoms with Crippen molar-refractivity contribution in [1.82, 2.24) is 0 Å². The Balaban J connectivity index is 0.00000139. The fourth-order valence-corrected chi connectivity index (χ4v) is 4.14. The molecule has 3 unspecified atom stereocenters. The van der Waals surface area contributed by atoms with Crippen molar-refractivity contribution >= 4 is 0 Å². The summed E-state index contributed by atoms with van der Waals surface area (Å²) in [5.74, 6) is 2.34. The van der Waals surface area contributed by atoms with Gasteiger partial charge in [0.05, 0.1) is 0 Å². The Hall–Kier alpha value is -1.04. The molecule has 136 valence electrons. The monoisotopic (exact) mass is 328 g/mol. The summed E-state index contributed by atoms with van der Waals surface area (Å²) in [5, 5.41) is 0. The van der Waals surface area contributed by atoms with E-state index in [-0.39, 0.29) is 0 Å². The number of allylic oxidation sites excluding steroid dienone is 7. The third-order valence-electron chi connectivity index (χ3n) is 5.69. The molecule has 2 rings (SSSR count). The van der Waals surface area contributed by atoms with Gasteiger partial charge in [0, 0.05) is 0 Å². The fourth-order valence-electron chi connectivity index (χ4n) is 4.14. The Morgan fingerprint density at radius 1 is 1.25 bits per heavy atom. The van der Waals surface area contributed by atoms with E-state index >= 15 is 0 Å². The van der Waals surface area contributed by atoms with Gasteiger partial charge in [0.15, 0.2) is 0 Å². The first-order chi connectivity index (χ1) is 11.6. The maximum atomic E-state index is 3.99. The van der Waals surface area contributed by atoms with Gasteiger partial charge in [-0.1, -0.05) is 74.6 Å². The highest BCUT2D eigenvalue weighted by Crippen LogP contribution is 2.36. The Morgan fingerprint density at radius 3 is 2.67 bits per heavy atom. The van der Waals surface area contributed by atoms with Crippen molar-refractivity contribution in [3.05, 3.63) is 47.6 Å². The van der Waals surface area contributed by atoms with Crippen LogP contribution in [0.3, 0.4) is 0 Å². The van der Waals surface area contributed by atoms with Gasteiger partial charge in [0.2, 0.25) is 0 Å². The third-order valence-corrected chi connectivity index (χ3v) is 5.69. The first-order valence-corrected chi connectivity index (χ1v) is 10.2. The molecule has 0 aromatic carbocycles. The molecular formula is C24H40. The van der Waals surface area contributed by atoms with E-state index in [0.29, 0.717) is 5.92 Å². The summed E-state index contributed by atoms with van der Waals surface area (Å²) in [6.45, 7) is 15.0. The Bertz CT molecular complexity index is 460. The number of hydrogen-bond acceptors (Lipinski definition) is 0. The minimum Gasteiger partial charge on any atom is -0.102 e. The molecule has 0 nitrogen and oxygen atoms in total. The average Bonchev–Trinajstić information content (AvgIpc) is 2.61. The van der Waals surface area contributed by atoms with Crippen LogP contribution in [0.2, 0.25) is 0 Å². The quantitative estimate of drug-likeness (QED) is 0.327. The largest absolute Gasteiger partial charge is 0.102 e. The van der Waals surface area contributed by atoms with Crippen molar-refractivity contribution < 1.29 is 0 Å². The first kappa shape index (κ1) is 21.0. The number of rotatable bonds is 7. The van der Waals surface area contributed by atoms with E-state index in [1.165, 1.54) is 56.9 Å². The lowest BCUT2D eigenvalue weighted by Gasteiger charge is -2.30. The molecule has 0 radical (unpaired) electrons. The maximum Gasteiger partial charge on any atom is -0.00508 e. The van der Waals surface area contributed by atoms with E-state index in [4.69, 9.17) is 0 Å². The van der Waals surface area contributed by atoms with Crippen LogP contribution in [-0.4, -0.2) is 0 Å². The van der Waals surface area contributed by atoms with Crippen LogP contribution in [0.1, 0.15) is 86.0 Å². The van der Waals surface area contributed by atoms with E-state index in [9.17, 15) is 0 Å². The summed E-state index contributed by atoms with van der Waals surface area (Å²) in [4.78, 5) is 0. The summed E-state index contributed by atoms with van der Waals surface area (Å²) < 4.78 is 0. The second-order valence-electron chi connectivity index (χ2n) is 7.56. The molecule has 3 atom stereocenters. The van der Waals surface area contributed by atoms with Gasteiger partial charge in [-0.3, -0.25) is 0 Å². The topological polar surface area (TPSA) is 0 Å². The summed E-state index contributed by atoms with van der Waals surface area (Å²) in [6, 6.07) is 0. The predicted octanol–water partition coefficient (Wildman–Crippen LogP) is 8.03. The van der Waals surface area contributed by atoms with Gasteiger partial charge in [0.25, 0.3) is 0 Å². The molecule has 0 N–H and O–H groups in total. The SMILES string of the molecule is C=CC1C=C(C)CC(C(C)CCCCC2=C(C)C=CCC2)C1.CC. The molecule has 0 spiro atoms. The number of hydrogen-bond donors (Lipinski definition) is 0. The van der Waals surface area contributed by atoms with Crippen molar-refractivity contribution in [2.75, 3.05) is 0 Å². The van der Waals surface area contributed by atoms with Crippen LogP contribution >= 0.6 is 0 Å². The number of unbranched alkanes of at least 4 members (excludes halogenated alkanes) is 1. The zero-order valence-corrected chi connectivity index (χ0v) is 16.9. The molecule has 2 aliphatic rings. The van der Waals surface area contributed by atoms with Crippen molar-refractivity contribution in [3.63, 3.8) is 0 Å². The van der Waals surface area contributed by atoms with E-state index in [2.05, 4.69) is 51.7 Å².